The summed E-state index contributed by atoms with van der Waals surface area (Å²) >= 11 is 0. The maximum absolute atomic E-state index is 5.34. The van der Waals surface area contributed by atoms with Crippen LogP contribution in [-0.4, -0.2) is 29.4 Å². The monoisotopic (exact) mass is 379 g/mol. The van der Waals surface area contributed by atoms with Crippen LogP contribution in [0.3, 0.4) is 0 Å². The summed E-state index contributed by atoms with van der Waals surface area (Å²) in [6.07, 6.45) is 3.43. The molecule has 0 saturated heterocycles. The molecule has 7 heteroatoms. The average molecular weight is 379 g/mol. The Bertz CT molecular complexity index is 924. The van der Waals surface area contributed by atoms with E-state index < -0.39 is 0 Å². The van der Waals surface area contributed by atoms with Crippen molar-refractivity contribution in [2.45, 2.75) is 26.7 Å². The topological polar surface area (TPSA) is 81.2 Å². The van der Waals surface area contributed by atoms with Crippen molar-refractivity contribution in [2.75, 3.05) is 24.9 Å². The van der Waals surface area contributed by atoms with Gasteiger partial charge in [0, 0.05) is 17.4 Å². The molecule has 0 aliphatic rings. The number of hydrogen-bond donors (Lipinski definition) is 2. The standard InChI is InChI=1S/C21H25N5O2/c1-5-14-8-7-9-15(6-2)20(14)25-21-24-19(13-22-26-21)23-16-10-11-17(27-3)18(12-16)28-4/h7-13H,5-6H2,1-4H3,(H2,23,24,25,26). The molecular formula is C21H25N5O2. The molecule has 0 bridgehead atoms. The first-order valence-electron chi connectivity index (χ1n) is 9.25. The summed E-state index contributed by atoms with van der Waals surface area (Å²) in [4.78, 5) is 4.54. The number of para-hydroxylation sites is 1. The highest BCUT2D eigenvalue weighted by Gasteiger charge is 2.10. The molecule has 0 unspecified atom stereocenters. The van der Waals surface area contributed by atoms with E-state index in [-0.39, 0.29) is 0 Å². The normalized spacial score (nSPS) is 10.4. The quantitative estimate of drug-likeness (QED) is 0.596. The summed E-state index contributed by atoms with van der Waals surface area (Å²) in [5.41, 5.74) is 4.31. The predicted octanol–water partition coefficient (Wildman–Crippen LogP) is 4.50. The lowest BCUT2D eigenvalue weighted by Crippen LogP contribution is -2.06. The minimum atomic E-state index is 0.445. The summed E-state index contributed by atoms with van der Waals surface area (Å²) in [5, 5.41) is 14.8. The van der Waals surface area contributed by atoms with E-state index in [1.165, 1.54) is 11.1 Å². The zero-order valence-corrected chi connectivity index (χ0v) is 16.6. The Kier molecular flexibility index (Phi) is 6.26. The summed E-state index contributed by atoms with van der Waals surface area (Å²) < 4.78 is 10.6. The maximum Gasteiger partial charge on any atom is 0.249 e. The second-order valence-electron chi connectivity index (χ2n) is 6.14. The van der Waals surface area contributed by atoms with Crippen LogP contribution in [0.1, 0.15) is 25.0 Å². The van der Waals surface area contributed by atoms with Crippen molar-refractivity contribution < 1.29 is 9.47 Å². The molecule has 0 atom stereocenters. The molecule has 7 nitrogen and oxygen atoms in total. The number of methoxy groups -OCH3 is 2. The fourth-order valence-corrected chi connectivity index (χ4v) is 2.99. The SMILES string of the molecule is CCc1cccc(CC)c1Nc1nncc(Nc2ccc(OC)c(OC)c2)n1. The van der Waals surface area contributed by atoms with Gasteiger partial charge in [0.1, 0.15) is 0 Å². The average Bonchev–Trinajstić information content (AvgIpc) is 2.74. The molecule has 1 heterocycles. The van der Waals surface area contributed by atoms with Crippen molar-refractivity contribution in [1.29, 1.82) is 0 Å². The molecule has 0 fully saturated rings. The van der Waals surface area contributed by atoms with E-state index in [0.717, 1.165) is 24.2 Å². The van der Waals surface area contributed by atoms with Gasteiger partial charge in [-0.25, -0.2) is 0 Å². The number of benzene rings is 2. The first-order chi connectivity index (χ1) is 13.7. The first-order valence-corrected chi connectivity index (χ1v) is 9.25. The van der Waals surface area contributed by atoms with Gasteiger partial charge in [-0.1, -0.05) is 32.0 Å². The number of ether oxygens (including phenoxy) is 2. The van der Waals surface area contributed by atoms with Gasteiger partial charge < -0.3 is 20.1 Å². The summed E-state index contributed by atoms with van der Waals surface area (Å²) in [6, 6.07) is 11.9. The number of rotatable bonds is 8. The Morgan fingerprint density at radius 1 is 0.893 bits per heavy atom. The lowest BCUT2D eigenvalue weighted by atomic mass is 10.0. The third-order valence-electron chi connectivity index (χ3n) is 4.45. The van der Waals surface area contributed by atoms with Crippen LogP contribution in [0.4, 0.5) is 23.1 Å². The summed E-state index contributed by atoms with van der Waals surface area (Å²) in [6.45, 7) is 4.27. The smallest absolute Gasteiger partial charge is 0.249 e. The molecule has 146 valence electrons. The van der Waals surface area contributed by atoms with Gasteiger partial charge in [0.2, 0.25) is 5.95 Å². The van der Waals surface area contributed by atoms with Gasteiger partial charge in [-0.15, -0.1) is 5.10 Å². The van der Waals surface area contributed by atoms with Gasteiger partial charge in [-0.05, 0) is 36.1 Å². The lowest BCUT2D eigenvalue weighted by molar-refractivity contribution is 0.355. The van der Waals surface area contributed by atoms with Gasteiger partial charge >= 0.3 is 0 Å². The lowest BCUT2D eigenvalue weighted by Gasteiger charge is -2.14. The fraction of sp³-hybridized carbons (Fsp3) is 0.286. The van der Waals surface area contributed by atoms with Gasteiger partial charge in [0.25, 0.3) is 0 Å². The van der Waals surface area contributed by atoms with Crippen LogP contribution in [0.2, 0.25) is 0 Å². The largest absolute Gasteiger partial charge is 0.493 e. The van der Waals surface area contributed by atoms with E-state index >= 15 is 0 Å². The van der Waals surface area contributed by atoms with Crippen molar-refractivity contribution in [3.8, 4) is 11.5 Å². The number of hydrogen-bond acceptors (Lipinski definition) is 7. The number of anilines is 4. The van der Waals surface area contributed by atoms with Crippen LogP contribution >= 0.6 is 0 Å². The zero-order valence-electron chi connectivity index (χ0n) is 16.6. The number of nitrogens with one attached hydrogen (secondary N) is 2. The maximum atomic E-state index is 5.34. The second-order valence-corrected chi connectivity index (χ2v) is 6.14. The van der Waals surface area contributed by atoms with E-state index in [9.17, 15) is 0 Å². The minimum absolute atomic E-state index is 0.445. The van der Waals surface area contributed by atoms with Crippen LogP contribution in [0.15, 0.2) is 42.6 Å². The van der Waals surface area contributed by atoms with Gasteiger partial charge in [0.15, 0.2) is 17.3 Å². The number of aryl methyl sites for hydroxylation is 2. The van der Waals surface area contributed by atoms with Crippen LogP contribution in [-0.2, 0) is 12.8 Å². The molecule has 0 aliphatic carbocycles. The van der Waals surface area contributed by atoms with Crippen molar-refractivity contribution in [3.05, 3.63) is 53.7 Å². The molecule has 2 N–H and O–H groups in total. The van der Waals surface area contributed by atoms with Gasteiger partial charge in [-0.3, -0.25) is 0 Å². The van der Waals surface area contributed by atoms with Gasteiger partial charge in [0.05, 0.1) is 20.4 Å². The van der Waals surface area contributed by atoms with E-state index in [1.54, 1.807) is 20.4 Å². The number of aromatic nitrogens is 3. The molecular weight excluding hydrogens is 354 g/mol. The van der Waals surface area contributed by atoms with Crippen molar-refractivity contribution >= 4 is 23.1 Å². The summed E-state index contributed by atoms with van der Waals surface area (Å²) in [7, 11) is 3.21. The first kappa shape index (κ1) is 19.4. The van der Waals surface area contributed by atoms with E-state index in [2.05, 4.69) is 57.9 Å². The third kappa shape index (κ3) is 4.31. The second kappa shape index (κ2) is 9.03. The molecule has 0 radical (unpaired) electrons. The van der Waals surface area contributed by atoms with Crippen molar-refractivity contribution in [3.63, 3.8) is 0 Å². The highest BCUT2D eigenvalue weighted by molar-refractivity contribution is 5.65. The summed E-state index contributed by atoms with van der Waals surface area (Å²) in [5.74, 6) is 2.33. The molecule has 3 rings (SSSR count). The third-order valence-corrected chi connectivity index (χ3v) is 4.45. The Balaban J connectivity index is 1.84. The van der Waals surface area contributed by atoms with Crippen LogP contribution < -0.4 is 20.1 Å². The molecule has 0 saturated carbocycles. The molecule has 0 amide bonds. The molecule has 0 spiro atoms. The van der Waals surface area contributed by atoms with Gasteiger partial charge in [-0.2, -0.15) is 10.1 Å². The Morgan fingerprint density at radius 3 is 2.25 bits per heavy atom. The molecule has 1 aromatic heterocycles. The van der Waals surface area contributed by atoms with Crippen molar-refractivity contribution in [2.24, 2.45) is 0 Å². The number of nitrogens with zero attached hydrogens (tertiary/aromatic N) is 3. The zero-order chi connectivity index (χ0) is 19.9. The molecule has 0 aliphatic heterocycles. The predicted molar refractivity (Wildman–Crippen MR) is 111 cm³/mol. The van der Waals surface area contributed by atoms with E-state index in [0.29, 0.717) is 23.3 Å². The highest BCUT2D eigenvalue weighted by atomic mass is 16.5. The Morgan fingerprint density at radius 2 is 1.61 bits per heavy atom. The Labute approximate surface area is 165 Å². The van der Waals surface area contributed by atoms with E-state index in [4.69, 9.17) is 9.47 Å². The van der Waals surface area contributed by atoms with E-state index in [1.807, 2.05) is 18.2 Å². The molecule has 3 aromatic rings. The highest BCUT2D eigenvalue weighted by Crippen LogP contribution is 2.31. The molecule has 2 aromatic carbocycles. The van der Waals surface area contributed by atoms with Crippen LogP contribution in [0, 0.1) is 0 Å². The van der Waals surface area contributed by atoms with Crippen LogP contribution in [0.25, 0.3) is 0 Å². The fourth-order valence-electron chi connectivity index (χ4n) is 2.99. The van der Waals surface area contributed by atoms with Crippen molar-refractivity contribution in [1.82, 2.24) is 15.2 Å². The Hall–Kier alpha value is -3.35. The minimum Gasteiger partial charge on any atom is -0.493 e. The molecule has 28 heavy (non-hydrogen) atoms. The van der Waals surface area contributed by atoms with Crippen LogP contribution in [0.5, 0.6) is 11.5 Å².